The van der Waals surface area contributed by atoms with E-state index in [1.807, 2.05) is 24.0 Å². The quantitative estimate of drug-likeness (QED) is 0.730. The second-order valence-corrected chi connectivity index (χ2v) is 6.94. The number of aromatic nitrogens is 3. The van der Waals surface area contributed by atoms with Gasteiger partial charge >= 0.3 is 0 Å². The van der Waals surface area contributed by atoms with Crippen LogP contribution in [0.5, 0.6) is 0 Å². The van der Waals surface area contributed by atoms with Crippen LogP contribution in [0.1, 0.15) is 30.1 Å². The average Bonchev–Trinajstić information content (AvgIpc) is 3.29. The molecule has 118 valence electrons. The van der Waals surface area contributed by atoms with Gasteiger partial charge < -0.3 is 0 Å². The molecule has 5 heteroatoms. The molecule has 1 atom stereocenters. The van der Waals surface area contributed by atoms with Crippen LogP contribution in [0.4, 0.5) is 0 Å². The number of rotatable bonds is 4. The van der Waals surface area contributed by atoms with Crippen LogP contribution in [0, 0.1) is 0 Å². The molecule has 0 amide bonds. The molecule has 0 radical (unpaired) electrons. The lowest BCUT2D eigenvalue weighted by Gasteiger charge is -2.22. The topological polar surface area (TPSA) is 34.0 Å². The first kappa shape index (κ1) is 14.6. The van der Waals surface area contributed by atoms with Crippen molar-refractivity contribution >= 4 is 11.3 Å². The lowest BCUT2D eigenvalue weighted by atomic mass is 10.1. The van der Waals surface area contributed by atoms with Gasteiger partial charge in [-0.25, -0.2) is 4.98 Å². The number of likely N-dealkylation sites (tertiary alicyclic amines) is 1. The number of aryl methyl sites for hydroxylation is 1. The van der Waals surface area contributed by atoms with Gasteiger partial charge in [-0.3, -0.25) is 9.58 Å². The van der Waals surface area contributed by atoms with Crippen LogP contribution < -0.4 is 0 Å². The number of nitrogens with zero attached hydrogens (tertiary/aromatic N) is 4. The highest BCUT2D eigenvalue weighted by atomic mass is 32.1. The van der Waals surface area contributed by atoms with Gasteiger partial charge in [0.1, 0.15) is 5.01 Å². The van der Waals surface area contributed by atoms with Crippen molar-refractivity contribution in [2.24, 2.45) is 7.05 Å². The molecule has 2 aromatic heterocycles. The minimum atomic E-state index is 0.477. The fourth-order valence-electron chi connectivity index (χ4n) is 3.31. The van der Waals surface area contributed by atoms with E-state index in [1.54, 1.807) is 11.3 Å². The Morgan fingerprint density at radius 1 is 1.26 bits per heavy atom. The molecule has 0 saturated carbocycles. The Morgan fingerprint density at radius 2 is 2.13 bits per heavy atom. The van der Waals surface area contributed by atoms with Gasteiger partial charge in [0.25, 0.3) is 0 Å². The summed E-state index contributed by atoms with van der Waals surface area (Å²) in [7, 11) is 1.98. The van der Waals surface area contributed by atoms with Crippen molar-refractivity contribution < 1.29 is 0 Å². The molecule has 1 aliphatic rings. The smallest absolute Gasteiger partial charge is 0.123 e. The first-order valence-electron chi connectivity index (χ1n) is 8.02. The van der Waals surface area contributed by atoms with Gasteiger partial charge in [-0.2, -0.15) is 5.10 Å². The summed E-state index contributed by atoms with van der Waals surface area (Å²) in [6, 6.07) is 10.9. The Hall–Kier alpha value is -1.98. The Labute approximate surface area is 140 Å². The van der Waals surface area contributed by atoms with E-state index in [1.165, 1.54) is 29.7 Å². The predicted octanol–water partition coefficient (Wildman–Crippen LogP) is 3.88. The molecule has 0 spiro atoms. The number of hydrogen-bond donors (Lipinski definition) is 0. The summed E-state index contributed by atoms with van der Waals surface area (Å²) in [5.41, 5.74) is 3.70. The summed E-state index contributed by atoms with van der Waals surface area (Å²) in [5.74, 6) is 0. The predicted molar refractivity (Wildman–Crippen MR) is 93.1 cm³/mol. The van der Waals surface area contributed by atoms with E-state index in [-0.39, 0.29) is 0 Å². The molecule has 4 rings (SSSR count). The second-order valence-electron chi connectivity index (χ2n) is 6.09. The van der Waals surface area contributed by atoms with Crippen molar-refractivity contribution in [3.05, 3.63) is 59.4 Å². The lowest BCUT2D eigenvalue weighted by Crippen LogP contribution is -2.22. The number of thiazole rings is 1. The highest BCUT2D eigenvalue weighted by Crippen LogP contribution is 2.33. The van der Waals surface area contributed by atoms with Gasteiger partial charge in [0.05, 0.1) is 11.9 Å². The van der Waals surface area contributed by atoms with Crippen LogP contribution >= 0.6 is 11.3 Å². The van der Waals surface area contributed by atoms with Crippen molar-refractivity contribution in [2.75, 3.05) is 6.54 Å². The molecule has 1 fully saturated rings. The zero-order chi connectivity index (χ0) is 15.6. The summed E-state index contributed by atoms with van der Waals surface area (Å²) in [6.45, 7) is 2.06. The molecule has 4 nitrogen and oxygen atoms in total. The highest BCUT2D eigenvalue weighted by Gasteiger charge is 2.27. The summed E-state index contributed by atoms with van der Waals surface area (Å²) < 4.78 is 1.89. The molecule has 0 N–H and O–H groups in total. The van der Waals surface area contributed by atoms with Crippen LogP contribution in [0.15, 0.2) is 48.1 Å². The number of benzene rings is 1. The maximum Gasteiger partial charge on any atom is 0.123 e. The molecule has 0 aliphatic carbocycles. The minimum Gasteiger partial charge on any atom is -0.290 e. The third kappa shape index (κ3) is 3.07. The Kier molecular flexibility index (Phi) is 3.97. The van der Waals surface area contributed by atoms with Gasteiger partial charge in [0.15, 0.2) is 0 Å². The van der Waals surface area contributed by atoms with Crippen molar-refractivity contribution in [3.8, 4) is 10.6 Å². The molecule has 0 bridgehead atoms. The van der Waals surface area contributed by atoms with Gasteiger partial charge in [-0.15, -0.1) is 11.3 Å². The first-order valence-corrected chi connectivity index (χ1v) is 8.90. The monoisotopic (exact) mass is 324 g/mol. The minimum absolute atomic E-state index is 0.477. The van der Waals surface area contributed by atoms with E-state index < -0.39 is 0 Å². The zero-order valence-electron chi connectivity index (χ0n) is 13.2. The SMILES string of the molecule is Cn1cc([C@@H]2CCCN2Cc2csc(-c3ccccc3)n2)cn1. The van der Waals surface area contributed by atoms with Crippen molar-refractivity contribution in [3.63, 3.8) is 0 Å². The molecule has 23 heavy (non-hydrogen) atoms. The van der Waals surface area contributed by atoms with Crippen molar-refractivity contribution in [1.82, 2.24) is 19.7 Å². The summed E-state index contributed by atoms with van der Waals surface area (Å²) >= 11 is 1.73. The van der Waals surface area contributed by atoms with Crippen LogP contribution in [-0.2, 0) is 13.6 Å². The standard InChI is InChI=1S/C18H20N4S/c1-21-11-15(10-19-21)17-8-5-9-22(17)12-16-13-23-18(20-16)14-6-3-2-4-7-14/h2-4,6-7,10-11,13,17H,5,8-9,12H2,1H3/t17-/m0/s1. The molecule has 1 aromatic carbocycles. The Bertz CT molecular complexity index is 777. The summed E-state index contributed by atoms with van der Waals surface area (Å²) in [5, 5.41) is 7.63. The molecule has 1 saturated heterocycles. The van der Waals surface area contributed by atoms with Crippen LogP contribution in [0.3, 0.4) is 0 Å². The molecule has 3 aromatic rings. The molecule has 0 unspecified atom stereocenters. The van der Waals surface area contributed by atoms with Gasteiger partial charge in [0, 0.05) is 42.3 Å². The first-order chi connectivity index (χ1) is 11.3. The van der Waals surface area contributed by atoms with Gasteiger partial charge in [-0.1, -0.05) is 30.3 Å². The Balaban J connectivity index is 1.50. The number of hydrogen-bond acceptors (Lipinski definition) is 4. The molecule has 1 aliphatic heterocycles. The van der Waals surface area contributed by atoms with Gasteiger partial charge in [-0.05, 0) is 19.4 Å². The van der Waals surface area contributed by atoms with Crippen molar-refractivity contribution in [1.29, 1.82) is 0 Å². The van der Waals surface area contributed by atoms with E-state index in [9.17, 15) is 0 Å². The van der Waals surface area contributed by atoms with Gasteiger partial charge in [0.2, 0.25) is 0 Å². The fourth-order valence-corrected chi connectivity index (χ4v) is 4.12. The Morgan fingerprint density at radius 3 is 2.91 bits per heavy atom. The molecular weight excluding hydrogens is 304 g/mol. The van der Waals surface area contributed by atoms with Crippen molar-refractivity contribution in [2.45, 2.75) is 25.4 Å². The molecule has 3 heterocycles. The summed E-state index contributed by atoms with van der Waals surface area (Å²) in [6.07, 6.45) is 6.59. The second kappa shape index (κ2) is 6.26. The third-order valence-corrected chi connectivity index (χ3v) is 5.35. The maximum atomic E-state index is 4.83. The van der Waals surface area contributed by atoms with Crippen LogP contribution in [-0.4, -0.2) is 26.2 Å². The van der Waals surface area contributed by atoms with E-state index in [0.29, 0.717) is 6.04 Å². The fraction of sp³-hybridized carbons (Fsp3) is 0.333. The zero-order valence-corrected chi connectivity index (χ0v) is 14.0. The van der Waals surface area contributed by atoms with E-state index >= 15 is 0 Å². The molecular formula is C18H20N4S. The normalized spacial score (nSPS) is 18.6. The van der Waals surface area contributed by atoms with E-state index in [2.05, 4.69) is 45.8 Å². The third-order valence-electron chi connectivity index (χ3n) is 4.41. The highest BCUT2D eigenvalue weighted by molar-refractivity contribution is 7.13. The lowest BCUT2D eigenvalue weighted by molar-refractivity contribution is 0.246. The summed E-state index contributed by atoms with van der Waals surface area (Å²) in [4.78, 5) is 7.36. The van der Waals surface area contributed by atoms with Crippen LogP contribution in [0.2, 0.25) is 0 Å². The largest absolute Gasteiger partial charge is 0.290 e. The van der Waals surface area contributed by atoms with Crippen LogP contribution in [0.25, 0.3) is 10.6 Å². The average molecular weight is 324 g/mol. The van der Waals surface area contributed by atoms with E-state index in [0.717, 1.165) is 18.1 Å². The maximum absolute atomic E-state index is 4.83. The van der Waals surface area contributed by atoms with E-state index in [4.69, 9.17) is 4.98 Å².